The number of thiazole rings is 1. The van der Waals surface area contributed by atoms with Crippen molar-refractivity contribution in [1.82, 2.24) is 4.98 Å². The number of benzene rings is 1. The maximum atomic E-state index is 12.7. The molecule has 8 heteroatoms. The van der Waals surface area contributed by atoms with Gasteiger partial charge in [0.2, 0.25) is 0 Å². The quantitative estimate of drug-likeness (QED) is 0.856. The second-order valence-electron chi connectivity index (χ2n) is 3.87. The summed E-state index contributed by atoms with van der Waals surface area (Å²) in [5.74, 6) is -1.43. The molecule has 0 aliphatic heterocycles. The van der Waals surface area contributed by atoms with Gasteiger partial charge in [0.15, 0.2) is 5.69 Å². The number of hydrogen-bond acceptors (Lipinski definition) is 3. The summed E-state index contributed by atoms with van der Waals surface area (Å²) in [4.78, 5) is 14.7. The van der Waals surface area contributed by atoms with Crippen molar-refractivity contribution in [3.63, 3.8) is 0 Å². The van der Waals surface area contributed by atoms with Crippen LogP contribution in [0.5, 0.6) is 0 Å². The van der Waals surface area contributed by atoms with Gasteiger partial charge in [-0.05, 0) is 31.2 Å². The minimum Gasteiger partial charge on any atom is -0.321 e. The van der Waals surface area contributed by atoms with Crippen molar-refractivity contribution < 1.29 is 22.4 Å². The summed E-state index contributed by atoms with van der Waals surface area (Å²) in [6.07, 6.45) is -4.69. The first kappa shape index (κ1) is 14.4. The average molecular weight is 304 g/mol. The molecule has 0 saturated heterocycles. The molecule has 0 spiro atoms. The molecular weight excluding hydrogens is 296 g/mol. The Morgan fingerprint density at radius 2 is 1.85 bits per heavy atom. The third-order valence-corrected chi connectivity index (χ3v) is 3.28. The summed E-state index contributed by atoms with van der Waals surface area (Å²) in [6, 6.07) is 4.71. The molecular formula is C12H8F4N2OS. The zero-order valence-electron chi connectivity index (χ0n) is 10.1. The summed E-state index contributed by atoms with van der Waals surface area (Å²) in [5.41, 5.74) is -1.00. The lowest BCUT2D eigenvalue weighted by atomic mass is 10.3. The van der Waals surface area contributed by atoms with E-state index in [9.17, 15) is 22.4 Å². The first-order valence-electron chi connectivity index (χ1n) is 5.39. The van der Waals surface area contributed by atoms with E-state index in [1.165, 1.54) is 19.1 Å². The highest BCUT2D eigenvalue weighted by molar-refractivity contribution is 7.13. The highest BCUT2D eigenvalue weighted by Gasteiger charge is 2.39. The molecule has 0 bridgehead atoms. The van der Waals surface area contributed by atoms with Gasteiger partial charge in [0.25, 0.3) is 5.91 Å². The number of anilines is 1. The van der Waals surface area contributed by atoms with Gasteiger partial charge in [-0.3, -0.25) is 4.79 Å². The predicted molar refractivity (Wildman–Crippen MR) is 66.2 cm³/mol. The standard InChI is InChI=1S/C12H8F4N2OS/c1-6-17-10(12(14,15)16)9(20-6)11(19)18-8-4-2-7(13)3-5-8/h2-5H,1H3,(H,18,19). The number of aryl methyl sites for hydroxylation is 1. The number of hydrogen-bond donors (Lipinski definition) is 1. The van der Waals surface area contributed by atoms with E-state index in [2.05, 4.69) is 10.3 Å². The summed E-state index contributed by atoms with van der Waals surface area (Å²) >= 11 is 0.655. The van der Waals surface area contributed by atoms with Gasteiger partial charge in [0.1, 0.15) is 10.7 Å². The van der Waals surface area contributed by atoms with Crippen molar-refractivity contribution in [2.45, 2.75) is 13.1 Å². The van der Waals surface area contributed by atoms with Crippen molar-refractivity contribution in [2.24, 2.45) is 0 Å². The van der Waals surface area contributed by atoms with Crippen molar-refractivity contribution in [3.8, 4) is 0 Å². The molecule has 1 aromatic heterocycles. The number of halogens is 4. The Kier molecular flexibility index (Phi) is 3.76. The van der Waals surface area contributed by atoms with Gasteiger partial charge >= 0.3 is 6.18 Å². The fourth-order valence-corrected chi connectivity index (χ4v) is 2.33. The zero-order valence-corrected chi connectivity index (χ0v) is 10.9. The maximum absolute atomic E-state index is 12.7. The molecule has 3 nitrogen and oxygen atoms in total. The molecule has 1 N–H and O–H groups in total. The summed E-state index contributed by atoms with van der Waals surface area (Å²) in [5, 5.41) is 2.42. The third-order valence-electron chi connectivity index (χ3n) is 2.31. The van der Waals surface area contributed by atoms with E-state index in [4.69, 9.17) is 0 Å². The van der Waals surface area contributed by atoms with Crippen molar-refractivity contribution >= 4 is 22.9 Å². The number of carbonyl (C=O) groups is 1. The van der Waals surface area contributed by atoms with Gasteiger partial charge in [-0.2, -0.15) is 13.2 Å². The van der Waals surface area contributed by atoms with Crippen LogP contribution >= 0.6 is 11.3 Å². The fraction of sp³-hybridized carbons (Fsp3) is 0.167. The van der Waals surface area contributed by atoms with Crippen LogP contribution in [0.1, 0.15) is 20.4 Å². The number of carbonyl (C=O) groups excluding carboxylic acids is 1. The molecule has 0 radical (unpaired) electrons. The van der Waals surface area contributed by atoms with E-state index in [0.717, 1.165) is 12.1 Å². The second-order valence-corrected chi connectivity index (χ2v) is 5.07. The maximum Gasteiger partial charge on any atom is 0.435 e. The van der Waals surface area contributed by atoms with Crippen LogP contribution in [-0.2, 0) is 6.18 Å². The molecule has 2 rings (SSSR count). The van der Waals surface area contributed by atoms with Gasteiger partial charge < -0.3 is 5.32 Å². The lowest BCUT2D eigenvalue weighted by Crippen LogP contribution is -2.17. The van der Waals surface area contributed by atoms with Crippen LogP contribution in [0.25, 0.3) is 0 Å². The molecule has 0 aliphatic rings. The van der Waals surface area contributed by atoms with E-state index in [-0.39, 0.29) is 10.7 Å². The largest absolute Gasteiger partial charge is 0.435 e. The Bertz CT molecular complexity index is 634. The molecule has 0 fully saturated rings. The molecule has 0 atom stereocenters. The van der Waals surface area contributed by atoms with Crippen LogP contribution in [0.15, 0.2) is 24.3 Å². The van der Waals surface area contributed by atoms with E-state index in [0.29, 0.717) is 11.3 Å². The van der Waals surface area contributed by atoms with Crippen LogP contribution in [0.2, 0.25) is 0 Å². The fourth-order valence-electron chi connectivity index (χ4n) is 1.49. The molecule has 1 amide bonds. The second kappa shape index (κ2) is 5.20. The molecule has 0 unspecified atom stereocenters. The molecule has 1 aromatic carbocycles. The predicted octanol–water partition coefficient (Wildman–Crippen LogP) is 3.86. The molecule has 0 saturated carbocycles. The van der Waals surface area contributed by atoms with E-state index < -0.39 is 28.5 Å². The van der Waals surface area contributed by atoms with Gasteiger partial charge in [-0.25, -0.2) is 9.37 Å². The summed E-state index contributed by atoms with van der Waals surface area (Å²) in [6.45, 7) is 1.38. The monoisotopic (exact) mass is 304 g/mol. The third kappa shape index (κ3) is 3.13. The highest BCUT2D eigenvalue weighted by atomic mass is 32.1. The molecule has 0 aliphatic carbocycles. The lowest BCUT2D eigenvalue weighted by Gasteiger charge is -2.07. The number of rotatable bonds is 2. The van der Waals surface area contributed by atoms with Crippen molar-refractivity contribution in [2.75, 3.05) is 5.32 Å². The molecule has 1 heterocycles. The highest BCUT2D eigenvalue weighted by Crippen LogP contribution is 2.34. The van der Waals surface area contributed by atoms with Crippen LogP contribution < -0.4 is 5.32 Å². The van der Waals surface area contributed by atoms with E-state index in [1.807, 2.05) is 0 Å². The van der Waals surface area contributed by atoms with Crippen LogP contribution in [0, 0.1) is 12.7 Å². The van der Waals surface area contributed by atoms with Crippen LogP contribution in [0.3, 0.4) is 0 Å². The van der Waals surface area contributed by atoms with Gasteiger partial charge in [0, 0.05) is 5.69 Å². The summed E-state index contributed by atoms with van der Waals surface area (Å²) in [7, 11) is 0. The van der Waals surface area contributed by atoms with E-state index >= 15 is 0 Å². The van der Waals surface area contributed by atoms with Gasteiger partial charge in [-0.1, -0.05) is 0 Å². The van der Waals surface area contributed by atoms with Gasteiger partial charge in [0.05, 0.1) is 5.01 Å². The van der Waals surface area contributed by atoms with Crippen LogP contribution in [0.4, 0.5) is 23.2 Å². The Balaban J connectivity index is 2.28. The van der Waals surface area contributed by atoms with Gasteiger partial charge in [-0.15, -0.1) is 11.3 Å². The Labute approximate surface area is 115 Å². The topological polar surface area (TPSA) is 42.0 Å². The SMILES string of the molecule is Cc1nc(C(F)(F)F)c(C(=O)Nc2ccc(F)cc2)s1. The summed E-state index contributed by atoms with van der Waals surface area (Å²) < 4.78 is 50.9. The zero-order chi connectivity index (χ0) is 14.9. The minimum atomic E-state index is -4.69. The number of aromatic nitrogens is 1. The molecule has 106 valence electrons. The van der Waals surface area contributed by atoms with E-state index in [1.54, 1.807) is 0 Å². The first-order chi connectivity index (χ1) is 9.27. The average Bonchev–Trinajstić information content (AvgIpc) is 2.74. The first-order valence-corrected chi connectivity index (χ1v) is 6.20. The number of alkyl halides is 3. The Hall–Kier alpha value is -1.96. The Morgan fingerprint density at radius 1 is 1.25 bits per heavy atom. The lowest BCUT2D eigenvalue weighted by molar-refractivity contribution is -0.141. The number of amides is 1. The minimum absolute atomic E-state index is 0.140. The van der Waals surface area contributed by atoms with Crippen molar-refractivity contribution in [3.05, 3.63) is 45.7 Å². The molecule has 2 aromatic rings. The van der Waals surface area contributed by atoms with Crippen molar-refractivity contribution in [1.29, 1.82) is 0 Å². The van der Waals surface area contributed by atoms with Crippen LogP contribution in [-0.4, -0.2) is 10.9 Å². The molecule has 20 heavy (non-hydrogen) atoms. The normalized spacial score (nSPS) is 11.4. The Morgan fingerprint density at radius 3 is 2.40 bits per heavy atom. The number of nitrogens with one attached hydrogen (secondary N) is 1. The smallest absolute Gasteiger partial charge is 0.321 e. The number of nitrogens with zero attached hydrogens (tertiary/aromatic N) is 1.